The number of amides is 1. The van der Waals surface area contributed by atoms with E-state index in [1.165, 1.54) is 7.05 Å². The van der Waals surface area contributed by atoms with E-state index in [1.54, 1.807) is 20.8 Å². The molecule has 8 heteroatoms. The maximum atomic E-state index is 13.7. The monoisotopic (exact) mass is 333 g/mol. The Balaban J connectivity index is 3.02. The van der Waals surface area contributed by atoms with Gasteiger partial charge in [0.15, 0.2) is 11.6 Å². The Hall–Kier alpha value is -2.25. The fourth-order valence-corrected chi connectivity index (χ4v) is 1.78. The zero-order valence-electron chi connectivity index (χ0n) is 13.2. The Morgan fingerprint density at radius 3 is 2.17 bits per heavy atom. The molecule has 0 heterocycles. The van der Waals surface area contributed by atoms with Gasteiger partial charge in [-0.3, -0.25) is 4.90 Å². The number of halogens is 3. The number of ether oxygens (including phenoxy) is 1. The van der Waals surface area contributed by atoms with Crippen LogP contribution in [0.25, 0.3) is 0 Å². The lowest BCUT2D eigenvalue weighted by Gasteiger charge is -2.28. The van der Waals surface area contributed by atoms with Crippen molar-refractivity contribution in [3.8, 4) is 0 Å². The molecule has 0 aromatic heterocycles. The Labute approximate surface area is 131 Å². The summed E-state index contributed by atoms with van der Waals surface area (Å²) in [7, 11) is 1.17. The second-order valence-corrected chi connectivity index (χ2v) is 6.01. The van der Waals surface area contributed by atoms with Crippen molar-refractivity contribution < 1.29 is 32.6 Å². The number of rotatable bonds is 4. The molecule has 0 radical (unpaired) electrons. The van der Waals surface area contributed by atoms with E-state index in [0.717, 1.165) is 4.90 Å². The number of hydrogen-bond donors (Lipinski definition) is 1. The molecule has 5 nitrogen and oxygen atoms in total. The summed E-state index contributed by atoms with van der Waals surface area (Å²) in [5.74, 6) is -5.20. The molecule has 0 saturated heterocycles. The molecule has 1 N–H and O–H groups in total. The van der Waals surface area contributed by atoms with Gasteiger partial charge in [-0.1, -0.05) is 0 Å². The van der Waals surface area contributed by atoms with E-state index >= 15 is 0 Å². The van der Waals surface area contributed by atoms with Crippen molar-refractivity contribution in [3.63, 3.8) is 0 Å². The third-order valence-corrected chi connectivity index (χ3v) is 2.94. The predicted octanol–water partition coefficient (Wildman–Crippen LogP) is 2.97. The van der Waals surface area contributed by atoms with Gasteiger partial charge in [-0.25, -0.2) is 22.8 Å². The smallest absolute Gasteiger partial charge is 0.410 e. The van der Waals surface area contributed by atoms with Gasteiger partial charge in [-0.15, -0.1) is 0 Å². The minimum atomic E-state index is -1.50. The first kappa shape index (κ1) is 18.8. The summed E-state index contributed by atoms with van der Waals surface area (Å²) >= 11 is 0. The van der Waals surface area contributed by atoms with Crippen LogP contribution in [0.3, 0.4) is 0 Å². The van der Waals surface area contributed by atoms with E-state index in [1.807, 2.05) is 0 Å². The van der Waals surface area contributed by atoms with Crippen LogP contribution in [0.2, 0.25) is 0 Å². The van der Waals surface area contributed by atoms with E-state index < -0.39 is 47.6 Å². The Kier molecular flexibility index (Phi) is 5.63. The molecule has 1 atom stereocenters. The normalized spacial score (nSPS) is 12.7. The summed E-state index contributed by atoms with van der Waals surface area (Å²) in [5, 5.41) is 9.23. The van der Waals surface area contributed by atoms with Gasteiger partial charge in [0.1, 0.15) is 17.5 Å². The number of carboxylic acids is 1. The van der Waals surface area contributed by atoms with Crippen LogP contribution in [0, 0.1) is 17.5 Å². The molecule has 1 unspecified atom stereocenters. The van der Waals surface area contributed by atoms with Crippen molar-refractivity contribution in [2.45, 2.75) is 38.8 Å². The minimum Gasteiger partial charge on any atom is -0.480 e. The Bertz CT molecular complexity index is 613. The lowest BCUT2D eigenvalue weighted by Crippen LogP contribution is -2.46. The highest BCUT2D eigenvalue weighted by atomic mass is 19.2. The average Bonchev–Trinajstić information content (AvgIpc) is 2.38. The van der Waals surface area contributed by atoms with Crippen molar-refractivity contribution >= 4 is 12.1 Å². The Morgan fingerprint density at radius 2 is 1.70 bits per heavy atom. The molecule has 0 spiro atoms. The largest absolute Gasteiger partial charge is 0.480 e. The van der Waals surface area contributed by atoms with E-state index in [-0.39, 0.29) is 5.56 Å². The lowest BCUT2D eigenvalue weighted by atomic mass is 10.0. The number of carboxylic acid groups (broad SMARTS) is 1. The van der Waals surface area contributed by atoms with Crippen LogP contribution in [0.5, 0.6) is 0 Å². The SMILES string of the molecule is CN(C(=O)OC(C)(C)C)C(Cc1cc(F)c(F)cc1F)C(=O)O. The highest BCUT2D eigenvalue weighted by Crippen LogP contribution is 2.18. The van der Waals surface area contributed by atoms with E-state index in [2.05, 4.69) is 0 Å². The van der Waals surface area contributed by atoms with Crippen molar-refractivity contribution in [1.82, 2.24) is 4.90 Å². The molecule has 1 rings (SSSR count). The number of aliphatic carboxylic acids is 1. The molecular weight excluding hydrogens is 315 g/mol. The van der Waals surface area contributed by atoms with Gasteiger partial charge in [0, 0.05) is 19.5 Å². The second kappa shape index (κ2) is 6.89. The first-order valence-electron chi connectivity index (χ1n) is 6.74. The molecule has 0 saturated carbocycles. The number of carbonyl (C=O) groups is 2. The van der Waals surface area contributed by atoms with E-state index in [9.17, 15) is 27.9 Å². The molecule has 1 aromatic carbocycles. The number of carbonyl (C=O) groups excluding carboxylic acids is 1. The summed E-state index contributed by atoms with van der Waals surface area (Å²) in [5.41, 5.74) is -1.20. The van der Waals surface area contributed by atoms with Gasteiger partial charge >= 0.3 is 12.1 Å². The van der Waals surface area contributed by atoms with Gasteiger partial charge in [0.05, 0.1) is 0 Å². The van der Waals surface area contributed by atoms with Crippen molar-refractivity contribution in [3.05, 3.63) is 35.1 Å². The standard InChI is InChI=1S/C15H18F3NO4/c1-15(2,3)23-14(22)19(4)12(13(20)21)6-8-5-10(17)11(18)7-9(8)16/h5,7,12H,6H2,1-4H3,(H,20,21). The van der Waals surface area contributed by atoms with Gasteiger partial charge < -0.3 is 9.84 Å². The number of likely N-dealkylation sites (N-methyl/N-ethyl adjacent to an activating group) is 1. The fourth-order valence-electron chi connectivity index (χ4n) is 1.78. The zero-order valence-corrected chi connectivity index (χ0v) is 13.2. The lowest BCUT2D eigenvalue weighted by molar-refractivity contribution is -0.142. The quantitative estimate of drug-likeness (QED) is 0.860. The first-order chi connectivity index (χ1) is 10.4. The van der Waals surface area contributed by atoms with Crippen molar-refractivity contribution in [1.29, 1.82) is 0 Å². The molecule has 128 valence electrons. The topological polar surface area (TPSA) is 66.8 Å². The molecule has 0 aliphatic rings. The van der Waals surface area contributed by atoms with Gasteiger partial charge in [0.2, 0.25) is 0 Å². The van der Waals surface area contributed by atoms with Crippen molar-refractivity contribution in [2.24, 2.45) is 0 Å². The summed E-state index contributed by atoms with van der Waals surface area (Å²) in [6, 6.07) is -0.593. The molecular formula is C15H18F3NO4. The number of benzene rings is 1. The summed E-state index contributed by atoms with van der Waals surface area (Å²) in [6.07, 6.45) is -1.46. The first-order valence-corrected chi connectivity index (χ1v) is 6.74. The van der Waals surface area contributed by atoms with Gasteiger partial charge in [-0.2, -0.15) is 0 Å². The molecule has 1 amide bonds. The molecule has 0 fully saturated rings. The molecule has 0 aliphatic heterocycles. The zero-order chi connectivity index (χ0) is 17.9. The predicted molar refractivity (Wildman–Crippen MR) is 75.4 cm³/mol. The number of hydrogen-bond acceptors (Lipinski definition) is 3. The summed E-state index contributed by atoms with van der Waals surface area (Å²) in [6.45, 7) is 4.80. The third kappa shape index (κ3) is 5.15. The van der Waals surface area contributed by atoms with Crippen LogP contribution >= 0.6 is 0 Å². The van der Waals surface area contributed by atoms with E-state index in [4.69, 9.17) is 4.74 Å². The third-order valence-electron chi connectivity index (χ3n) is 2.94. The van der Waals surface area contributed by atoms with Crippen LogP contribution in [0.4, 0.5) is 18.0 Å². The summed E-state index contributed by atoms with van der Waals surface area (Å²) < 4.78 is 44.8. The Morgan fingerprint density at radius 1 is 1.17 bits per heavy atom. The van der Waals surface area contributed by atoms with Crippen LogP contribution < -0.4 is 0 Å². The minimum absolute atomic E-state index is 0.330. The summed E-state index contributed by atoms with van der Waals surface area (Å²) in [4.78, 5) is 24.0. The van der Waals surface area contributed by atoms with Gasteiger partial charge in [-0.05, 0) is 32.4 Å². The second-order valence-electron chi connectivity index (χ2n) is 6.01. The molecule has 0 bridgehead atoms. The molecule has 1 aromatic rings. The fraction of sp³-hybridized carbons (Fsp3) is 0.467. The highest BCUT2D eigenvalue weighted by molar-refractivity contribution is 5.80. The maximum Gasteiger partial charge on any atom is 0.410 e. The maximum absolute atomic E-state index is 13.7. The van der Waals surface area contributed by atoms with Crippen LogP contribution in [-0.4, -0.2) is 40.8 Å². The van der Waals surface area contributed by atoms with Crippen LogP contribution in [0.1, 0.15) is 26.3 Å². The van der Waals surface area contributed by atoms with Crippen molar-refractivity contribution in [2.75, 3.05) is 7.05 Å². The molecule has 23 heavy (non-hydrogen) atoms. The highest BCUT2D eigenvalue weighted by Gasteiger charge is 2.31. The van der Waals surface area contributed by atoms with Gasteiger partial charge in [0.25, 0.3) is 0 Å². The average molecular weight is 333 g/mol. The molecule has 0 aliphatic carbocycles. The van der Waals surface area contributed by atoms with Crippen LogP contribution in [0.15, 0.2) is 12.1 Å². The van der Waals surface area contributed by atoms with Crippen LogP contribution in [-0.2, 0) is 16.0 Å². The van der Waals surface area contributed by atoms with E-state index in [0.29, 0.717) is 12.1 Å². The number of nitrogens with zero attached hydrogens (tertiary/aromatic N) is 1.